The summed E-state index contributed by atoms with van der Waals surface area (Å²) in [4.78, 5) is 46.6. The predicted octanol–water partition coefficient (Wildman–Crippen LogP) is 2.92. The SMILES string of the molecule is O=C(C=Cc1ccc([N+](=O)[O-])cc1)c1ccc(N2C(=O)C=CC2=O)cc1. The third-order valence-electron chi connectivity index (χ3n) is 3.75. The second kappa shape index (κ2) is 6.94. The van der Waals surface area contributed by atoms with Crippen LogP contribution in [0.4, 0.5) is 11.4 Å². The zero-order valence-electron chi connectivity index (χ0n) is 13.4. The molecule has 0 N–H and O–H groups in total. The van der Waals surface area contributed by atoms with Crippen molar-refractivity contribution in [2.75, 3.05) is 4.90 Å². The minimum absolute atomic E-state index is 0.0236. The number of allylic oxidation sites excluding steroid dienone is 1. The van der Waals surface area contributed by atoms with Crippen molar-refractivity contribution in [2.45, 2.75) is 0 Å². The molecule has 0 unspecified atom stereocenters. The number of hydrogen-bond donors (Lipinski definition) is 0. The summed E-state index contributed by atoms with van der Waals surface area (Å²) in [6, 6.07) is 11.9. The van der Waals surface area contributed by atoms with Crippen LogP contribution in [0.5, 0.6) is 0 Å². The molecule has 0 saturated heterocycles. The van der Waals surface area contributed by atoms with Gasteiger partial charge in [0.25, 0.3) is 17.5 Å². The van der Waals surface area contributed by atoms with E-state index in [1.165, 1.54) is 54.6 Å². The van der Waals surface area contributed by atoms with Gasteiger partial charge in [-0.1, -0.05) is 6.08 Å². The number of anilines is 1. The van der Waals surface area contributed by atoms with Gasteiger partial charge in [0.2, 0.25) is 0 Å². The molecule has 128 valence electrons. The largest absolute Gasteiger partial charge is 0.289 e. The Labute approximate surface area is 148 Å². The van der Waals surface area contributed by atoms with E-state index in [0.717, 1.165) is 4.90 Å². The van der Waals surface area contributed by atoms with Crippen molar-refractivity contribution in [1.29, 1.82) is 0 Å². The molecule has 7 heteroatoms. The smallest absolute Gasteiger partial charge is 0.269 e. The first-order chi connectivity index (χ1) is 12.5. The monoisotopic (exact) mass is 348 g/mol. The molecule has 7 nitrogen and oxygen atoms in total. The molecule has 0 atom stereocenters. The lowest BCUT2D eigenvalue weighted by Crippen LogP contribution is -2.29. The second-order valence-electron chi connectivity index (χ2n) is 5.44. The van der Waals surface area contributed by atoms with Gasteiger partial charge in [-0.3, -0.25) is 24.5 Å². The van der Waals surface area contributed by atoms with Crippen LogP contribution in [0.25, 0.3) is 6.08 Å². The molecular formula is C19H12N2O5. The van der Waals surface area contributed by atoms with Crippen molar-refractivity contribution in [3.8, 4) is 0 Å². The molecule has 0 fully saturated rings. The van der Waals surface area contributed by atoms with E-state index in [-0.39, 0.29) is 11.5 Å². The average molecular weight is 348 g/mol. The molecule has 1 aliphatic rings. The summed E-state index contributed by atoms with van der Waals surface area (Å²) in [5.41, 5.74) is 1.41. The van der Waals surface area contributed by atoms with Crippen molar-refractivity contribution in [3.63, 3.8) is 0 Å². The van der Waals surface area contributed by atoms with E-state index >= 15 is 0 Å². The van der Waals surface area contributed by atoms with Crippen LogP contribution in [-0.2, 0) is 9.59 Å². The van der Waals surface area contributed by atoms with Gasteiger partial charge in [-0.15, -0.1) is 0 Å². The maximum absolute atomic E-state index is 12.2. The zero-order chi connectivity index (χ0) is 18.7. The number of ketones is 1. The zero-order valence-corrected chi connectivity index (χ0v) is 13.4. The van der Waals surface area contributed by atoms with E-state index in [2.05, 4.69) is 0 Å². The van der Waals surface area contributed by atoms with Gasteiger partial charge >= 0.3 is 0 Å². The Hall–Kier alpha value is -3.87. The van der Waals surface area contributed by atoms with E-state index < -0.39 is 16.7 Å². The Morgan fingerprint density at radius 3 is 2.04 bits per heavy atom. The summed E-state index contributed by atoms with van der Waals surface area (Å²) < 4.78 is 0. The number of rotatable bonds is 5. The maximum atomic E-state index is 12.2. The fraction of sp³-hybridized carbons (Fsp3) is 0. The molecule has 3 rings (SSSR count). The van der Waals surface area contributed by atoms with E-state index in [0.29, 0.717) is 16.8 Å². The summed E-state index contributed by atoms with van der Waals surface area (Å²) in [6.07, 6.45) is 5.28. The lowest BCUT2D eigenvalue weighted by Gasteiger charge is -2.13. The molecule has 2 aromatic carbocycles. The van der Waals surface area contributed by atoms with Crippen LogP contribution in [0.15, 0.2) is 66.8 Å². The lowest BCUT2D eigenvalue weighted by atomic mass is 10.1. The van der Waals surface area contributed by atoms with E-state index in [4.69, 9.17) is 0 Å². The van der Waals surface area contributed by atoms with Gasteiger partial charge in [0.05, 0.1) is 10.6 Å². The van der Waals surface area contributed by atoms with Crippen LogP contribution in [-0.4, -0.2) is 22.5 Å². The van der Waals surface area contributed by atoms with Gasteiger partial charge < -0.3 is 0 Å². The van der Waals surface area contributed by atoms with Crippen molar-refractivity contribution < 1.29 is 19.3 Å². The molecule has 0 bridgehead atoms. The van der Waals surface area contributed by atoms with Crippen LogP contribution in [0, 0.1) is 10.1 Å². The Morgan fingerprint density at radius 1 is 0.923 bits per heavy atom. The molecule has 2 aromatic rings. The molecule has 1 aliphatic heterocycles. The minimum Gasteiger partial charge on any atom is -0.289 e. The number of benzene rings is 2. The first kappa shape index (κ1) is 17.0. The second-order valence-corrected chi connectivity index (χ2v) is 5.44. The molecule has 0 aromatic heterocycles. The standard InChI is InChI=1S/C19H12N2O5/c22-17(10-3-13-1-6-16(7-2-13)21(25)26)14-4-8-15(9-5-14)20-18(23)11-12-19(20)24/h1-12H. The number of nitro benzene ring substituents is 1. The number of amides is 2. The topological polar surface area (TPSA) is 97.6 Å². The van der Waals surface area contributed by atoms with Gasteiger partial charge in [-0.25, -0.2) is 4.90 Å². The summed E-state index contributed by atoms with van der Waals surface area (Å²) in [6.45, 7) is 0. The lowest BCUT2D eigenvalue weighted by molar-refractivity contribution is -0.384. The predicted molar refractivity (Wildman–Crippen MR) is 94.5 cm³/mol. The summed E-state index contributed by atoms with van der Waals surface area (Å²) in [5.74, 6) is -1.12. The summed E-state index contributed by atoms with van der Waals surface area (Å²) in [7, 11) is 0. The number of hydrogen-bond acceptors (Lipinski definition) is 5. The number of carbonyl (C=O) groups excluding carboxylic acids is 3. The number of non-ortho nitro benzene ring substituents is 1. The maximum Gasteiger partial charge on any atom is 0.269 e. The van der Waals surface area contributed by atoms with Gasteiger partial charge in [0.15, 0.2) is 5.78 Å². The van der Waals surface area contributed by atoms with Crippen molar-refractivity contribution >= 4 is 35.0 Å². The third-order valence-corrected chi connectivity index (χ3v) is 3.75. The Morgan fingerprint density at radius 2 is 1.50 bits per heavy atom. The van der Waals surface area contributed by atoms with Gasteiger partial charge in [0.1, 0.15) is 0 Å². The van der Waals surface area contributed by atoms with Crippen molar-refractivity contribution in [3.05, 3.63) is 88.0 Å². The fourth-order valence-electron chi connectivity index (χ4n) is 2.40. The summed E-state index contributed by atoms with van der Waals surface area (Å²) >= 11 is 0. The minimum atomic E-state index is -0.494. The van der Waals surface area contributed by atoms with Crippen molar-refractivity contribution in [2.24, 2.45) is 0 Å². The molecule has 0 aliphatic carbocycles. The quantitative estimate of drug-likeness (QED) is 0.272. The average Bonchev–Trinajstić information content (AvgIpc) is 2.98. The first-order valence-electron chi connectivity index (χ1n) is 7.59. The van der Waals surface area contributed by atoms with Crippen LogP contribution >= 0.6 is 0 Å². The highest BCUT2D eigenvalue weighted by Gasteiger charge is 2.24. The van der Waals surface area contributed by atoms with E-state index in [9.17, 15) is 24.5 Å². The van der Waals surface area contributed by atoms with Crippen LogP contribution in [0.3, 0.4) is 0 Å². The Kier molecular flexibility index (Phi) is 4.53. The molecule has 2 amide bonds. The van der Waals surface area contributed by atoms with E-state index in [1.807, 2.05) is 0 Å². The Balaban J connectivity index is 1.71. The van der Waals surface area contributed by atoms with Gasteiger partial charge in [0, 0.05) is 29.8 Å². The van der Waals surface area contributed by atoms with Crippen LogP contribution in [0.2, 0.25) is 0 Å². The molecule has 0 radical (unpaired) electrons. The fourth-order valence-corrected chi connectivity index (χ4v) is 2.40. The van der Waals surface area contributed by atoms with Gasteiger partial charge in [-0.05, 0) is 48.0 Å². The third kappa shape index (κ3) is 3.46. The molecule has 0 saturated carbocycles. The molecule has 0 spiro atoms. The van der Waals surface area contributed by atoms with Gasteiger partial charge in [-0.2, -0.15) is 0 Å². The number of carbonyl (C=O) groups is 3. The molecule has 26 heavy (non-hydrogen) atoms. The number of nitro groups is 1. The van der Waals surface area contributed by atoms with Crippen molar-refractivity contribution in [1.82, 2.24) is 0 Å². The highest BCUT2D eigenvalue weighted by atomic mass is 16.6. The van der Waals surface area contributed by atoms with Crippen LogP contribution in [0.1, 0.15) is 15.9 Å². The Bertz CT molecular complexity index is 938. The van der Waals surface area contributed by atoms with Crippen LogP contribution < -0.4 is 4.90 Å². The highest BCUT2D eigenvalue weighted by molar-refractivity contribution is 6.28. The first-order valence-corrected chi connectivity index (χ1v) is 7.59. The van der Waals surface area contributed by atoms with E-state index in [1.54, 1.807) is 18.2 Å². The normalized spacial score (nSPS) is 13.6. The molecular weight excluding hydrogens is 336 g/mol. The molecule has 1 heterocycles. The highest BCUT2D eigenvalue weighted by Crippen LogP contribution is 2.20. The summed E-state index contributed by atoms with van der Waals surface area (Å²) in [5, 5.41) is 10.6. The number of nitrogens with zero attached hydrogens (tertiary/aromatic N) is 2. The number of imide groups is 1.